The first-order valence-electron chi connectivity index (χ1n) is 10.3. The molecule has 174 valence electrons. The fraction of sp³-hybridized carbons (Fsp3) is 0.120. The minimum absolute atomic E-state index is 0.139. The van der Waals surface area contributed by atoms with Crippen LogP contribution in [0.5, 0.6) is 11.5 Å². The number of nitrogens with one attached hydrogen (secondary N) is 3. The van der Waals surface area contributed by atoms with Crippen molar-refractivity contribution in [1.29, 1.82) is 0 Å². The van der Waals surface area contributed by atoms with Gasteiger partial charge in [0.15, 0.2) is 6.61 Å². The molecule has 0 spiro atoms. The summed E-state index contributed by atoms with van der Waals surface area (Å²) in [6, 6.07) is 20.8. The Bertz CT molecular complexity index is 1170. The molecule has 0 unspecified atom stereocenters. The number of carbonyl (C=O) groups is 3. The first-order valence-corrected chi connectivity index (χ1v) is 10.3. The second kappa shape index (κ2) is 11.8. The van der Waals surface area contributed by atoms with Gasteiger partial charge in [-0.2, -0.15) is 5.10 Å². The molecule has 3 aromatic rings. The molecule has 0 atom stereocenters. The van der Waals surface area contributed by atoms with Crippen LogP contribution < -0.4 is 25.5 Å². The highest BCUT2D eigenvalue weighted by Gasteiger charge is 2.13. The highest BCUT2D eigenvalue weighted by atomic mass is 16.5. The number of hydrogen-bond donors (Lipinski definition) is 3. The highest BCUT2D eigenvalue weighted by molar-refractivity contribution is 6.39. The van der Waals surface area contributed by atoms with Gasteiger partial charge >= 0.3 is 11.8 Å². The molecule has 0 heterocycles. The predicted octanol–water partition coefficient (Wildman–Crippen LogP) is 3.11. The summed E-state index contributed by atoms with van der Waals surface area (Å²) < 4.78 is 10.5. The van der Waals surface area contributed by atoms with Gasteiger partial charge in [0.2, 0.25) is 0 Å². The number of methoxy groups -OCH3 is 1. The fourth-order valence-electron chi connectivity index (χ4n) is 2.74. The third kappa shape index (κ3) is 7.49. The summed E-state index contributed by atoms with van der Waals surface area (Å²) >= 11 is 0. The van der Waals surface area contributed by atoms with Crippen LogP contribution in [0.1, 0.15) is 11.1 Å². The van der Waals surface area contributed by atoms with Crippen LogP contribution >= 0.6 is 0 Å². The van der Waals surface area contributed by atoms with Crippen molar-refractivity contribution in [1.82, 2.24) is 5.43 Å². The van der Waals surface area contributed by atoms with E-state index in [0.717, 1.165) is 5.56 Å². The van der Waals surface area contributed by atoms with Gasteiger partial charge < -0.3 is 20.1 Å². The second-order valence-corrected chi connectivity index (χ2v) is 7.16. The Morgan fingerprint density at radius 1 is 0.853 bits per heavy atom. The Labute approximate surface area is 196 Å². The topological polar surface area (TPSA) is 118 Å². The van der Waals surface area contributed by atoms with E-state index in [-0.39, 0.29) is 12.5 Å². The van der Waals surface area contributed by atoms with Crippen LogP contribution in [0.2, 0.25) is 0 Å². The van der Waals surface area contributed by atoms with Crippen LogP contribution in [0.3, 0.4) is 0 Å². The lowest BCUT2D eigenvalue weighted by atomic mass is 10.2. The molecule has 3 N–H and O–H groups in total. The molecule has 3 aromatic carbocycles. The van der Waals surface area contributed by atoms with Crippen LogP contribution in [0.4, 0.5) is 11.4 Å². The molecule has 9 heteroatoms. The van der Waals surface area contributed by atoms with Gasteiger partial charge in [0, 0.05) is 17.4 Å². The fourth-order valence-corrected chi connectivity index (χ4v) is 2.74. The molecule has 0 radical (unpaired) electrons. The van der Waals surface area contributed by atoms with Gasteiger partial charge in [-0.25, -0.2) is 5.43 Å². The zero-order valence-electron chi connectivity index (χ0n) is 18.7. The Kier molecular flexibility index (Phi) is 8.34. The number of aryl methyl sites for hydroxylation is 1. The molecule has 0 saturated heterocycles. The lowest BCUT2D eigenvalue weighted by Crippen LogP contribution is -2.32. The van der Waals surface area contributed by atoms with E-state index in [0.29, 0.717) is 28.4 Å². The molecule has 3 amide bonds. The molecule has 9 nitrogen and oxygen atoms in total. The number of anilines is 2. The molecule has 0 fully saturated rings. The SMILES string of the molecule is COc1cccc(NC(=O)C(=O)N/N=C\c2ccc(OCC(=O)Nc3ccc(C)cc3)cc2)c1. The van der Waals surface area contributed by atoms with Crippen LogP contribution in [0.25, 0.3) is 0 Å². The third-order valence-corrected chi connectivity index (χ3v) is 4.50. The standard InChI is InChI=1S/C25H24N4O5/c1-17-6-10-19(11-7-17)27-23(30)16-34-21-12-8-18(9-13-21)15-26-29-25(32)24(31)28-20-4-3-5-22(14-20)33-2/h3-15H,16H2,1-2H3,(H,27,30)(H,28,31)(H,29,32)/b26-15-. The summed E-state index contributed by atoms with van der Waals surface area (Å²) in [5.74, 6) is -1.01. The summed E-state index contributed by atoms with van der Waals surface area (Å²) in [6.45, 7) is 1.83. The number of nitrogens with zero attached hydrogens (tertiary/aromatic N) is 1. The molecule has 0 aliphatic heterocycles. The number of benzene rings is 3. The van der Waals surface area contributed by atoms with Crippen LogP contribution in [-0.4, -0.2) is 37.7 Å². The first kappa shape index (κ1) is 24.0. The summed E-state index contributed by atoms with van der Waals surface area (Å²) in [7, 11) is 1.50. The van der Waals surface area contributed by atoms with Gasteiger partial charge in [0.25, 0.3) is 5.91 Å². The number of rotatable bonds is 8. The van der Waals surface area contributed by atoms with Crippen molar-refractivity contribution in [3.63, 3.8) is 0 Å². The predicted molar refractivity (Wildman–Crippen MR) is 129 cm³/mol. The Balaban J connectivity index is 1.43. The van der Waals surface area contributed by atoms with Crippen molar-refractivity contribution in [2.45, 2.75) is 6.92 Å². The molecule has 0 aliphatic carbocycles. The quantitative estimate of drug-likeness (QED) is 0.271. The molecule has 34 heavy (non-hydrogen) atoms. The lowest BCUT2D eigenvalue weighted by molar-refractivity contribution is -0.136. The van der Waals surface area contributed by atoms with Crippen molar-refractivity contribution in [2.75, 3.05) is 24.4 Å². The molecular formula is C25H24N4O5. The monoisotopic (exact) mass is 460 g/mol. The summed E-state index contributed by atoms with van der Waals surface area (Å²) in [4.78, 5) is 35.9. The third-order valence-electron chi connectivity index (χ3n) is 4.50. The first-order chi connectivity index (χ1) is 16.4. The maximum Gasteiger partial charge on any atom is 0.329 e. The molecule has 3 rings (SSSR count). The van der Waals surface area contributed by atoms with Gasteiger partial charge in [-0.3, -0.25) is 14.4 Å². The number of carbonyl (C=O) groups excluding carboxylic acids is 3. The Hall–Kier alpha value is -4.66. The van der Waals surface area contributed by atoms with Crippen molar-refractivity contribution in [3.05, 3.63) is 83.9 Å². The number of ether oxygens (including phenoxy) is 2. The number of hydrogen-bond acceptors (Lipinski definition) is 6. The molecule has 0 aromatic heterocycles. The van der Waals surface area contributed by atoms with E-state index in [1.165, 1.54) is 13.3 Å². The maximum absolute atomic E-state index is 12.0. The normalized spacial score (nSPS) is 10.4. The van der Waals surface area contributed by atoms with Crippen molar-refractivity contribution >= 4 is 35.3 Å². The smallest absolute Gasteiger partial charge is 0.329 e. The largest absolute Gasteiger partial charge is 0.497 e. The Morgan fingerprint density at radius 2 is 1.59 bits per heavy atom. The zero-order chi connectivity index (χ0) is 24.3. The number of hydrazone groups is 1. The van der Waals surface area contributed by atoms with E-state index >= 15 is 0 Å². The lowest BCUT2D eigenvalue weighted by Gasteiger charge is -2.08. The average molecular weight is 460 g/mol. The van der Waals surface area contributed by atoms with E-state index in [1.54, 1.807) is 48.5 Å². The van der Waals surface area contributed by atoms with E-state index in [9.17, 15) is 14.4 Å². The van der Waals surface area contributed by atoms with Gasteiger partial charge in [-0.05, 0) is 61.0 Å². The van der Waals surface area contributed by atoms with Gasteiger partial charge in [0.05, 0.1) is 13.3 Å². The minimum atomic E-state index is -0.918. The molecule has 0 saturated carbocycles. The Morgan fingerprint density at radius 3 is 2.29 bits per heavy atom. The zero-order valence-corrected chi connectivity index (χ0v) is 18.7. The van der Waals surface area contributed by atoms with E-state index in [2.05, 4.69) is 21.2 Å². The highest BCUT2D eigenvalue weighted by Crippen LogP contribution is 2.16. The van der Waals surface area contributed by atoms with E-state index in [4.69, 9.17) is 9.47 Å². The average Bonchev–Trinajstić information content (AvgIpc) is 2.85. The summed E-state index contributed by atoms with van der Waals surface area (Å²) in [5.41, 5.74) is 5.05. The van der Waals surface area contributed by atoms with Gasteiger partial charge in [-0.1, -0.05) is 23.8 Å². The number of amides is 3. The maximum atomic E-state index is 12.0. The van der Waals surface area contributed by atoms with Gasteiger partial charge in [-0.15, -0.1) is 0 Å². The molecule has 0 bridgehead atoms. The molecular weight excluding hydrogens is 436 g/mol. The van der Waals surface area contributed by atoms with Crippen LogP contribution in [-0.2, 0) is 14.4 Å². The van der Waals surface area contributed by atoms with E-state index in [1.807, 2.05) is 31.2 Å². The van der Waals surface area contributed by atoms with Crippen molar-refractivity contribution in [2.24, 2.45) is 5.10 Å². The van der Waals surface area contributed by atoms with Crippen molar-refractivity contribution < 1.29 is 23.9 Å². The second-order valence-electron chi connectivity index (χ2n) is 7.16. The van der Waals surface area contributed by atoms with Gasteiger partial charge in [0.1, 0.15) is 11.5 Å². The van der Waals surface area contributed by atoms with Crippen LogP contribution in [0.15, 0.2) is 77.9 Å². The summed E-state index contributed by atoms with van der Waals surface area (Å²) in [6.07, 6.45) is 1.38. The van der Waals surface area contributed by atoms with E-state index < -0.39 is 11.8 Å². The van der Waals surface area contributed by atoms with Crippen LogP contribution in [0, 0.1) is 6.92 Å². The van der Waals surface area contributed by atoms with Crippen molar-refractivity contribution in [3.8, 4) is 11.5 Å². The minimum Gasteiger partial charge on any atom is -0.497 e. The summed E-state index contributed by atoms with van der Waals surface area (Å²) in [5, 5.41) is 8.99. The molecule has 0 aliphatic rings.